The van der Waals surface area contributed by atoms with Crippen molar-refractivity contribution in [1.82, 2.24) is 0 Å². The fraction of sp³-hybridized carbons (Fsp3) is 0.222. The number of nitrogens with zero attached hydrogens (tertiary/aromatic N) is 1. The zero-order valence-corrected chi connectivity index (χ0v) is 9.09. The molecule has 70 valence electrons. The number of anilines is 1. The first-order chi connectivity index (χ1) is 6.07. The molecule has 0 fully saturated rings. The van der Waals surface area contributed by atoms with Crippen LogP contribution in [0.1, 0.15) is 11.1 Å². The lowest BCUT2D eigenvalue weighted by molar-refractivity contribution is 0.468. The molecule has 3 nitrogen and oxygen atoms in total. The van der Waals surface area contributed by atoms with E-state index in [0.29, 0.717) is 15.7 Å². The van der Waals surface area contributed by atoms with E-state index >= 15 is 0 Å². The summed E-state index contributed by atoms with van der Waals surface area (Å²) in [7, 11) is 1.68. The van der Waals surface area contributed by atoms with Gasteiger partial charge in [-0.25, -0.2) is 0 Å². The molecule has 0 atom stereocenters. The minimum Gasteiger partial charge on any atom is -0.506 e. The molecule has 0 spiro atoms. The lowest BCUT2D eigenvalue weighted by Crippen LogP contribution is -1.97. The third kappa shape index (κ3) is 1.83. The standard InChI is InChI=1S/C9H11BrN2O/c1-5-8(11)6(4-12-2)3-7(10)9(5)13/h3-4,13H,11H2,1-2H3. The lowest BCUT2D eigenvalue weighted by Gasteiger charge is -2.08. The Balaban J connectivity index is 3.40. The van der Waals surface area contributed by atoms with Crippen LogP contribution in [-0.4, -0.2) is 18.4 Å². The molecule has 1 rings (SSSR count). The van der Waals surface area contributed by atoms with Crippen LogP contribution in [0.25, 0.3) is 0 Å². The summed E-state index contributed by atoms with van der Waals surface area (Å²) < 4.78 is 0.633. The molecule has 0 aliphatic heterocycles. The van der Waals surface area contributed by atoms with E-state index in [0.717, 1.165) is 5.56 Å². The molecule has 1 aromatic carbocycles. The van der Waals surface area contributed by atoms with Crippen molar-refractivity contribution in [2.75, 3.05) is 12.8 Å². The monoisotopic (exact) mass is 242 g/mol. The molecule has 0 amide bonds. The number of hydrogen-bond donors (Lipinski definition) is 2. The highest BCUT2D eigenvalue weighted by atomic mass is 79.9. The van der Waals surface area contributed by atoms with Crippen LogP contribution < -0.4 is 5.73 Å². The maximum absolute atomic E-state index is 9.51. The molecular weight excluding hydrogens is 232 g/mol. The number of rotatable bonds is 1. The highest BCUT2D eigenvalue weighted by Gasteiger charge is 2.08. The van der Waals surface area contributed by atoms with E-state index in [1.807, 2.05) is 0 Å². The SMILES string of the molecule is CN=Cc1cc(Br)c(O)c(C)c1N. The maximum atomic E-state index is 9.51. The zero-order chi connectivity index (χ0) is 10.0. The summed E-state index contributed by atoms with van der Waals surface area (Å²) in [6.07, 6.45) is 1.66. The van der Waals surface area contributed by atoms with E-state index in [2.05, 4.69) is 20.9 Å². The molecular formula is C9H11BrN2O. The molecule has 0 saturated carbocycles. The van der Waals surface area contributed by atoms with E-state index in [4.69, 9.17) is 5.73 Å². The Labute approximate surface area is 85.4 Å². The molecule has 3 N–H and O–H groups in total. The fourth-order valence-electron chi connectivity index (χ4n) is 1.05. The summed E-state index contributed by atoms with van der Waals surface area (Å²) in [6, 6.07) is 1.74. The number of aromatic hydroxyl groups is 1. The Kier molecular flexibility index (Phi) is 2.93. The van der Waals surface area contributed by atoms with E-state index in [1.165, 1.54) is 0 Å². The molecule has 0 aliphatic rings. The number of aliphatic imine (C=N–C) groups is 1. The number of hydrogen-bond acceptors (Lipinski definition) is 3. The van der Waals surface area contributed by atoms with Crippen LogP contribution in [0.5, 0.6) is 5.75 Å². The summed E-state index contributed by atoms with van der Waals surface area (Å²) in [5.41, 5.74) is 7.81. The second-order valence-electron chi connectivity index (χ2n) is 2.72. The Morgan fingerprint density at radius 2 is 2.23 bits per heavy atom. The van der Waals surface area contributed by atoms with E-state index in [1.54, 1.807) is 26.3 Å². The second kappa shape index (κ2) is 3.79. The fourth-order valence-corrected chi connectivity index (χ4v) is 1.60. The van der Waals surface area contributed by atoms with Gasteiger partial charge in [0.05, 0.1) is 4.47 Å². The summed E-state index contributed by atoms with van der Waals surface area (Å²) in [5.74, 6) is 0.186. The molecule has 0 saturated heterocycles. The van der Waals surface area contributed by atoms with Crippen LogP contribution in [0.3, 0.4) is 0 Å². The number of benzene rings is 1. The molecule has 0 radical (unpaired) electrons. The van der Waals surface area contributed by atoms with Crippen LogP contribution in [0, 0.1) is 6.92 Å². The second-order valence-corrected chi connectivity index (χ2v) is 3.58. The third-order valence-corrected chi connectivity index (χ3v) is 2.45. The quantitative estimate of drug-likeness (QED) is 0.586. The molecule has 0 bridgehead atoms. The summed E-state index contributed by atoms with van der Waals surface area (Å²) in [6.45, 7) is 1.77. The minimum atomic E-state index is 0.186. The van der Waals surface area contributed by atoms with Gasteiger partial charge in [0.1, 0.15) is 5.75 Å². The molecule has 1 aromatic rings. The Hall–Kier alpha value is -1.03. The molecule has 0 heterocycles. The van der Waals surface area contributed by atoms with Gasteiger partial charge in [0, 0.05) is 30.1 Å². The van der Waals surface area contributed by atoms with Gasteiger partial charge >= 0.3 is 0 Å². The maximum Gasteiger partial charge on any atom is 0.134 e. The van der Waals surface area contributed by atoms with Gasteiger partial charge in [0.25, 0.3) is 0 Å². The van der Waals surface area contributed by atoms with Crippen LogP contribution in [0.4, 0.5) is 5.69 Å². The molecule has 0 aliphatic carbocycles. The highest BCUT2D eigenvalue weighted by molar-refractivity contribution is 9.10. The number of phenolic OH excluding ortho intramolecular Hbond substituents is 1. The van der Waals surface area contributed by atoms with Crippen molar-refractivity contribution in [2.24, 2.45) is 4.99 Å². The first-order valence-corrected chi connectivity index (χ1v) is 4.57. The average Bonchev–Trinajstić information content (AvgIpc) is 2.11. The third-order valence-electron chi connectivity index (χ3n) is 1.85. The number of nitrogens with two attached hydrogens (primary N) is 1. The molecule has 0 aromatic heterocycles. The first-order valence-electron chi connectivity index (χ1n) is 3.77. The van der Waals surface area contributed by atoms with E-state index in [9.17, 15) is 5.11 Å². The van der Waals surface area contributed by atoms with E-state index in [-0.39, 0.29) is 5.75 Å². The highest BCUT2D eigenvalue weighted by Crippen LogP contribution is 2.33. The normalized spacial score (nSPS) is 11.0. The van der Waals surface area contributed by atoms with Gasteiger partial charge in [-0.1, -0.05) is 0 Å². The van der Waals surface area contributed by atoms with Crippen molar-refractivity contribution in [3.05, 3.63) is 21.7 Å². The van der Waals surface area contributed by atoms with Crippen molar-refractivity contribution >= 4 is 27.8 Å². The van der Waals surface area contributed by atoms with Gasteiger partial charge in [-0.15, -0.1) is 0 Å². The first kappa shape index (κ1) is 10.1. The van der Waals surface area contributed by atoms with Gasteiger partial charge in [0.15, 0.2) is 0 Å². The predicted octanol–water partition coefficient (Wildman–Crippen LogP) is 2.09. The van der Waals surface area contributed by atoms with E-state index < -0.39 is 0 Å². The Bertz CT molecular complexity index is 361. The van der Waals surface area contributed by atoms with Crippen molar-refractivity contribution in [1.29, 1.82) is 0 Å². The summed E-state index contributed by atoms with van der Waals surface area (Å²) in [5, 5.41) is 9.51. The Morgan fingerprint density at radius 1 is 1.62 bits per heavy atom. The van der Waals surface area contributed by atoms with Crippen molar-refractivity contribution in [3.8, 4) is 5.75 Å². The number of nitrogen functional groups attached to an aromatic ring is 1. The smallest absolute Gasteiger partial charge is 0.134 e. The topological polar surface area (TPSA) is 58.6 Å². The Morgan fingerprint density at radius 3 is 2.77 bits per heavy atom. The average molecular weight is 243 g/mol. The van der Waals surface area contributed by atoms with Crippen LogP contribution in [0.2, 0.25) is 0 Å². The van der Waals surface area contributed by atoms with Crippen molar-refractivity contribution < 1.29 is 5.11 Å². The molecule has 0 unspecified atom stereocenters. The number of halogens is 1. The van der Waals surface area contributed by atoms with Crippen LogP contribution in [0.15, 0.2) is 15.5 Å². The summed E-state index contributed by atoms with van der Waals surface area (Å²) in [4.78, 5) is 3.87. The van der Waals surface area contributed by atoms with Gasteiger partial charge < -0.3 is 10.8 Å². The summed E-state index contributed by atoms with van der Waals surface area (Å²) >= 11 is 3.23. The largest absolute Gasteiger partial charge is 0.506 e. The molecule has 4 heteroatoms. The molecule has 13 heavy (non-hydrogen) atoms. The van der Waals surface area contributed by atoms with Gasteiger partial charge in [-0.2, -0.15) is 0 Å². The van der Waals surface area contributed by atoms with Crippen molar-refractivity contribution in [2.45, 2.75) is 6.92 Å². The zero-order valence-electron chi connectivity index (χ0n) is 7.50. The lowest BCUT2D eigenvalue weighted by atomic mass is 10.1. The van der Waals surface area contributed by atoms with Gasteiger partial charge in [-0.05, 0) is 28.9 Å². The van der Waals surface area contributed by atoms with Crippen LogP contribution in [-0.2, 0) is 0 Å². The van der Waals surface area contributed by atoms with Crippen LogP contribution >= 0.6 is 15.9 Å². The van der Waals surface area contributed by atoms with Gasteiger partial charge in [0.2, 0.25) is 0 Å². The number of phenols is 1. The minimum absolute atomic E-state index is 0.186. The van der Waals surface area contributed by atoms with Crippen molar-refractivity contribution in [3.63, 3.8) is 0 Å². The predicted molar refractivity (Wildman–Crippen MR) is 58.5 cm³/mol. The van der Waals surface area contributed by atoms with Gasteiger partial charge in [-0.3, -0.25) is 4.99 Å².